The third kappa shape index (κ3) is 2.84. The van der Waals surface area contributed by atoms with Gasteiger partial charge in [0, 0.05) is 13.1 Å². The molecule has 0 aromatic carbocycles. The van der Waals surface area contributed by atoms with Gasteiger partial charge < -0.3 is 5.32 Å². The second kappa shape index (κ2) is 4.99. The van der Waals surface area contributed by atoms with E-state index in [0.717, 1.165) is 38.9 Å². The Morgan fingerprint density at radius 3 is 2.53 bits per heavy atom. The van der Waals surface area contributed by atoms with Gasteiger partial charge in [0.05, 0.1) is 5.25 Å². The van der Waals surface area contributed by atoms with Crippen LogP contribution in [0.4, 0.5) is 0 Å². The van der Waals surface area contributed by atoms with Crippen LogP contribution in [0.2, 0.25) is 0 Å². The van der Waals surface area contributed by atoms with Gasteiger partial charge in [-0.2, -0.15) is 0 Å². The summed E-state index contributed by atoms with van der Waals surface area (Å²) < 4.78 is 25.4. The first-order valence-corrected chi connectivity index (χ1v) is 6.78. The molecule has 1 saturated carbocycles. The molecule has 2 fully saturated rings. The number of halogens is 1. The van der Waals surface area contributed by atoms with Crippen LogP contribution in [0.3, 0.4) is 0 Å². The minimum atomic E-state index is -2.91. The van der Waals surface area contributed by atoms with Gasteiger partial charge in [0.2, 0.25) is 10.0 Å². The molecule has 2 aliphatic rings. The smallest absolute Gasteiger partial charge is 0.216 e. The van der Waals surface area contributed by atoms with Crippen molar-refractivity contribution in [1.82, 2.24) is 9.62 Å². The van der Waals surface area contributed by atoms with E-state index < -0.39 is 10.0 Å². The molecule has 0 bridgehead atoms. The molecule has 15 heavy (non-hydrogen) atoms. The highest BCUT2D eigenvalue weighted by Gasteiger charge is 2.42. The third-order valence-electron chi connectivity index (χ3n) is 3.05. The fraction of sp³-hybridized carbons (Fsp3) is 1.00. The standard InChI is InChI=1S/C9H18N2O2S.ClH/c1-10-6-8-4-5-11(7-8)14(12,13)9-2-3-9;/h8-10H,2-7H2,1H3;1H. The normalized spacial score (nSPS) is 27.7. The predicted molar refractivity (Wildman–Crippen MR) is 62.8 cm³/mol. The first-order chi connectivity index (χ1) is 6.64. The number of nitrogens with zero attached hydrogens (tertiary/aromatic N) is 1. The second-order valence-electron chi connectivity index (χ2n) is 4.31. The molecule has 1 N–H and O–H groups in total. The maximum absolute atomic E-state index is 11.9. The van der Waals surface area contributed by atoms with Crippen molar-refractivity contribution < 1.29 is 8.42 Å². The van der Waals surface area contributed by atoms with E-state index in [1.54, 1.807) is 4.31 Å². The summed E-state index contributed by atoms with van der Waals surface area (Å²) in [6, 6.07) is 0. The summed E-state index contributed by atoms with van der Waals surface area (Å²) >= 11 is 0. The topological polar surface area (TPSA) is 49.4 Å². The Kier molecular flexibility index (Phi) is 4.40. The molecular formula is C9H19ClN2O2S. The molecule has 1 saturated heterocycles. The van der Waals surface area contributed by atoms with Gasteiger partial charge in [-0.25, -0.2) is 12.7 Å². The summed E-state index contributed by atoms with van der Waals surface area (Å²) in [5.41, 5.74) is 0. The van der Waals surface area contributed by atoms with E-state index in [2.05, 4.69) is 5.32 Å². The maximum atomic E-state index is 11.9. The van der Waals surface area contributed by atoms with E-state index >= 15 is 0 Å². The molecule has 1 aliphatic heterocycles. The molecule has 0 aromatic rings. The number of rotatable bonds is 4. The van der Waals surface area contributed by atoms with Crippen molar-refractivity contribution >= 4 is 22.4 Å². The van der Waals surface area contributed by atoms with Crippen LogP contribution in [0, 0.1) is 5.92 Å². The Hall–Kier alpha value is 0.160. The quantitative estimate of drug-likeness (QED) is 0.792. The molecule has 1 heterocycles. The maximum Gasteiger partial charge on any atom is 0.216 e. The monoisotopic (exact) mass is 254 g/mol. The lowest BCUT2D eigenvalue weighted by molar-refractivity contribution is 0.450. The van der Waals surface area contributed by atoms with Gasteiger partial charge in [-0.05, 0) is 38.8 Å². The Morgan fingerprint density at radius 1 is 1.33 bits per heavy atom. The SMILES string of the molecule is CNCC1CCN(S(=O)(=O)C2CC2)C1.Cl. The molecule has 90 valence electrons. The van der Waals surface area contributed by atoms with E-state index in [9.17, 15) is 8.42 Å². The Labute approximate surface area is 97.9 Å². The lowest BCUT2D eigenvalue weighted by Gasteiger charge is -2.15. The van der Waals surface area contributed by atoms with Crippen molar-refractivity contribution in [3.63, 3.8) is 0 Å². The summed E-state index contributed by atoms with van der Waals surface area (Å²) in [5.74, 6) is 0.508. The van der Waals surface area contributed by atoms with E-state index in [0.29, 0.717) is 5.92 Å². The zero-order chi connectivity index (χ0) is 10.2. The van der Waals surface area contributed by atoms with Crippen molar-refractivity contribution in [2.24, 2.45) is 5.92 Å². The Bertz CT molecular complexity index is 303. The van der Waals surface area contributed by atoms with Crippen LogP contribution in [-0.2, 0) is 10.0 Å². The molecule has 0 amide bonds. The number of hydrogen-bond donors (Lipinski definition) is 1. The molecule has 0 radical (unpaired) electrons. The number of hydrogen-bond acceptors (Lipinski definition) is 3. The highest BCUT2D eigenvalue weighted by Crippen LogP contribution is 2.33. The minimum Gasteiger partial charge on any atom is -0.319 e. The van der Waals surface area contributed by atoms with E-state index in [4.69, 9.17) is 0 Å². The largest absolute Gasteiger partial charge is 0.319 e. The van der Waals surface area contributed by atoms with Crippen LogP contribution < -0.4 is 5.32 Å². The van der Waals surface area contributed by atoms with Crippen LogP contribution in [0.5, 0.6) is 0 Å². The molecular weight excluding hydrogens is 236 g/mol. The molecule has 2 rings (SSSR count). The molecule has 0 spiro atoms. The second-order valence-corrected chi connectivity index (χ2v) is 6.53. The van der Waals surface area contributed by atoms with Crippen LogP contribution in [-0.4, -0.2) is 44.7 Å². The van der Waals surface area contributed by atoms with Crippen molar-refractivity contribution in [1.29, 1.82) is 0 Å². The zero-order valence-electron chi connectivity index (χ0n) is 8.98. The molecule has 1 aliphatic carbocycles. The van der Waals surface area contributed by atoms with Crippen LogP contribution in [0.1, 0.15) is 19.3 Å². The molecule has 1 atom stereocenters. The highest BCUT2D eigenvalue weighted by molar-refractivity contribution is 7.90. The van der Waals surface area contributed by atoms with Gasteiger partial charge in [-0.3, -0.25) is 0 Å². The van der Waals surface area contributed by atoms with Crippen LogP contribution in [0.25, 0.3) is 0 Å². The van der Waals surface area contributed by atoms with E-state index in [1.165, 1.54) is 0 Å². The van der Waals surface area contributed by atoms with Gasteiger partial charge in [0.15, 0.2) is 0 Å². The van der Waals surface area contributed by atoms with Crippen molar-refractivity contribution in [3.05, 3.63) is 0 Å². The van der Waals surface area contributed by atoms with Crippen molar-refractivity contribution in [2.45, 2.75) is 24.5 Å². The molecule has 4 nitrogen and oxygen atoms in total. The molecule has 0 aromatic heterocycles. The lowest BCUT2D eigenvalue weighted by Crippen LogP contribution is -2.32. The lowest BCUT2D eigenvalue weighted by atomic mass is 10.1. The summed E-state index contributed by atoms with van der Waals surface area (Å²) in [6.07, 6.45) is 2.75. The summed E-state index contributed by atoms with van der Waals surface area (Å²) in [6.45, 7) is 2.38. The average molecular weight is 255 g/mol. The summed E-state index contributed by atoms with van der Waals surface area (Å²) in [7, 11) is -0.996. The zero-order valence-corrected chi connectivity index (χ0v) is 10.6. The summed E-state index contributed by atoms with van der Waals surface area (Å²) in [5, 5.41) is 3.06. The first-order valence-electron chi connectivity index (χ1n) is 5.28. The molecule has 1 unspecified atom stereocenters. The van der Waals surface area contributed by atoms with Crippen molar-refractivity contribution in [2.75, 3.05) is 26.7 Å². The van der Waals surface area contributed by atoms with Gasteiger partial charge in [-0.1, -0.05) is 0 Å². The Morgan fingerprint density at radius 2 is 2.00 bits per heavy atom. The Balaban J connectivity index is 0.00000112. The third-order valence-corrected chi connectivity index (χ3v) is 5.41. The number of nitrogens with one attached hydrogen (secondary N) is 1. The highest BCUT2D eigenvalue weighted by atomic mass is 35.5. The van der Waals surface area contributed by atoms with Gasteiger partial charge in [0.25, 0.3) is 0 Å². The van der Waals surface area contributed by atoms with E-state index in [-0.39, 0.29) is 17.7 Å². The van der Waals surface area contributed by atoms with Crippen molar-refractivity contribution in [3.8, 4) is 0 Å². The fourth-order valence-corrected chi connectivity index (χ4v) is 3.99. The first kappa shape index (κ1) is 13.2. The predicted octanol–water partition coefficient (Wildman–Crippen LogP) is 0.442. The van der Waals surface area contributed by atoms with Gasteiger partial charge in [-0.15, -0.1) is 12.4 Å². The fourth-order valence-electron chi connectivity index (χ4n) is 2.06. The van der Waals surface area contributed by atoms with E-state index in [1.807, 2.05) is 7.05 Å². The number of sulfonamides is 1. The van der Waals surface area contributed by atoms with Gasteiger partial charge >= 0.3 is 0 Å². The minimum absolute atomic E-state index is 0. The van der Waals surface area contributed by atoms with Crippen LogP contribution in [0.15, 0.2) is 0 Å². The molecule has 6 heteroatoms. The summed E-state index contributed by atoms with van der Waals surface area (Å²) in [4.78, 5) is 0. The van der Waals surface area contributed by atoms with Crippen LogP contribution >= 0.6 is 12.4 Å². The van der Waals surface area contributed by atoms with Gasteiger partial charge in [0.1, 0.15) is 0 Å². The average Bonchev–Trinajstić information content (AvgIpc) is 2.89.